The summed E-state index contributed by atoms with van der Waals surface area (Å²) in [5.41, 5.74) is -0.168. The molecule has 9 heteroatoms. The fourth-order valence-electron chi connectivity index (χ4n) is 2.84. The number of hydrogen-bond donors (Lipinski definition) is 0. The van der Waals surface area contributed by atoms with E-state index >= 15 is 0 Å². The average molecular weight is 368 g/mol. The van der Waals surface area contributed by atoms with Gasteiger partial charge in [-0.1, -0.05) is 6.07 Å². The van der Waals surface area contributed by atoms with Crippen molar-refractivity contribution in [2.75, 3.05) is 13.2 Å². The number of carbonyl (C=O) groups excluding carboxylic acids is 1. The molecule has 0 spiro atoms. The first-order chi connectivity index (χ1) is 12.4. The van der Waals surface area contributed by atoms with E-state index < -0.39 is 11.9 Å². The molecule has 1 aliphatic heterocycles. The van der Waals surface area contributed by atoms with Crippen molar-refractivity contribution in [3.63, 3.8) is 0 Å². The Kier molecular flexibility index (Phi) is 5.55. The Labute approximate surface area is 148 Å². The highest BCUT2D eigenvalue weighted by molar-refractivity contribution is 5.76. The molecular formula is C17H19F3N4O2. The maximum Gasteiger partial charge on any atom is 0.435 e. The van der Waals surface area contributed by atoms with Crippen LogP contribution in [0.5, 0.6) is 0 Å². The SMILES string of the molecule is O=C(Cn1ccc(C(F)(F)F)n1)N(Cc1cccnc1)CC1CCCO1. The van der Waals surface area contributed by atoms with Crippen molar-refractivity contribution in [2.24, 2.45) is 0 Å². The normalized spacial score (nSPS) is 17.4. The average Bonchev–Trinajstić information content (AvgIpc) is 3.26. The van der Waals surface area contributed by atoms with E-state index in [0.29, 0.717) is 19.7 Å². The van der Waals surface area contributed by atoms with Crippen LogP contribution in [0, 0.1) is 0 Å². The highest BCUT2D eigenvalue weighted by Crippen LogP contribution is 2.27. The highest BCUT2D eigenvalue weighted by Gasteiger charge is 2.33. The maximum atomic E-state index is 12.7. The van der Waals surface area contributed by atoms with Crippen LogP contribution in [0.4, 0.5) is 13.2 Å². The Morgan fingerprint density at radius 2 is 2.23 bits per heavy atom. The van der Waals surface area contributed by atoms with Crippen molar-refractivity contribution in [1.29, 1.82) is 0 Å². The fourth-order valence-corrected chi connectivity index (χ4v) is 2.84. The third-order valence-corrected chi connectivity index (χ3v) is 4.13. The van der Waals surface area contributed by atoms with Gasteiger partial charge in [0.1, 0.15) is 6.54 Å². The second-order valence-electron chi connectivity index (χ2n) is 6.17. The first kappa shape index (κ1) is 18.4. The van der Waals surface area contributed by atoms with Crippen molar-refractivity contribution in [2.45, 2.75) is 38.2 Å². The molecular weight excluding hydrogens is 349 g/mol. The number of ether oxygens (including phenoxy) is 1. The van der Waals surface area contributed by atoms with Gasteiger partial charge in [-0.3, -0.25) is 14.5 Å². The molecule has 1 amide bonds. The van der Waals surface area contributed by atoms with Gasteiger partial charge in [0.05, 0.1) is 6.10 Å². The summed E-state index contributed by atoms with van der Waals surface area (Å²) in [5, 5.41) is 3.44. The first-order valence-corrected chi connectivity index (χ1v) is 8.31. The summed E-state index contributed by atoms with van der Waals surface area (Å²) in [7, 11) is 0. The minimum Gasteiger partial charge on any atom is -0.376 e. The lowest BCUT2D eigenvalue weighted by atomic mass is 10.2. The van der Waals surface area contributed by atoms with E-state index in [1.54, 1.807) is 23.4 Å². The Morgan fingerprint density at radius 3 is 2.85 bits per heavy atom. The van der Waals surface area contributed by atoms with Crippen LogP contribution in [0.3, 0.4) is 0 Å². The number of rotatable bonds is 6. The molecule has 0 bridgehead atoms. The van der Waals surface area contributed by atoms with Gasteiger partial charge in [-0.25, -0.2) is 0 Å². The molecule has 1 unspecified atom stereocenters. The van der Waals surface area contributed by atoms with Crippen LogP contribution in [0.15, 0.2) is 36.8 Å². The van der Waals surface area contributed by atoms with Gasteiger partial charge >= 0.3 is 6.18 Å². The number of aromatic nitrogens is 3. The Morgan fingerprint density at radius 1 is 1.38 bits per heavy atom. The second-order valence-corrected chi connectivity index (χ2v) is 6.17. The lowest BCUT2D eigenvalue weighted by Gasteiger charge is -2.25. The predicted molar refractivity (Wildman–Crippen MR) is 85.9 cm³/mol. The van der Waals surface area contributed by atoms with E-state index in [-0.39, 0.29) is 18.6 Å². The molecule has 0 radical (unpaired) electrons. The quantitative estimate of drug-likeness (QED) is 0.786. The molecule has 0 aliphatic carbocycles. The molecule has 140 valence electrons. The Bertz CT molecular complexity index is 727. The van der Waals surface area contributed by atoms with E-state index in [1.165, 1.54) is 0 Å². The summed E-state index contributed by atoms with van der Waals surface area (Å²) in [5.74, 6) is -0.318. The molecule has 3 rings (SSSR count). The molecule has 0 N–H and O–H groups in total. The summed E-state index contributed by atoms with van der Waals surface area (Å²) in [6.45, 7) is 1.11. The third kappa shape index (κ3) is 4.81. The molecule has 2 aromatic heterocycles. The number of carbonyl (C=O) groups is 1. The monoisotopic (exact) mass is 368 g/mol. The summed E-state index contributed by atoms with van der Waals surface area (Å²) in [6, 6.07) is 4.48. The van der Waals surface area contributed by atoms with E-state index in [4.69, 9.17) is 4.74 Å². The van der Waals surface area contributed by atoms with Crippen LogP contribution in [0.2, 0.25) is 0 Å². The van der Waals surface area contributed by atoms with Crippen molar-refractivity contribution in [1.82, 2.24) is 19.7 Å². The first-order valence-electron chi connectivity index (χ1n) is 8.31. The zero-order valence-electron chi connectivity index (χ0n) is 14.0. The van der Waals surface area contributed by atoms with Crippen LogP contribution in [0.25, 0.3) is 0 Å². The number of hydrogen-bond acceptors (Lipinski definition) is 4. The largest absolute Gasteiger partial charge is 0.435 e. The summed E-state index contributed by atoms with van der Waals surface area (Å²) >= 11 is 0. The summed E-state index contributed by atoms with van der Waals surface area (Å²) < 4.78 is 44.6. The Hall–Kier alpha value is -2.42. The van der Waals surface area contributed by atoms with Gasteiger partial charge in [-0.15, -0.1) is 0 Å². The van der Waals surface area contributed by atoms with E-state index in [1.807, 2.05) is 6.07 Å². The number of pyridine rings is 1. The zero-order chi connectivity index (χ0) is 18.6. The molecule has 1 atom stereocenters. The molecule has 26 heavy (non-hydrogen) atoms. The van der Waals surface area contributed by atoms with Crippen molar-refractivity contribution in [3.8, 4) is 0 Å². The summed E-state index contributed by atoms with van der Waals surface area (Å²) in [4.78, 5) is 18.3. The van der Waals surface area contributed by atoms with Crippen LogP contribution in [-0.2, 0) is 28.8 Å². The smallest absolute Gasteiger partial charge is 0.376 e. The molecule has 1 fully saturated rings. The number of amides is 1. The van der Waals surface area contributed by atoms with Crippen LogP contribution >= 0.6 is 0 Å². The Balaban J connectivity index is 1.70. The number of halogens is 3. The van der Waals surface area contributed by atoms with Gasteiger partial charge in [0.25, 0.3) is 0 Å². The van der Waals surface area contributed by atoms with Gasteiger partial charge in [-0.2, -0.15) is 18.3 Å². The fraction of sp³-hybridized carbons (Fsp3) is 0.471. The van der Waals surface area contributed by atoms with Crippen molar-refractivity contribution < 1.29 is 22.7 Å². The molecule has 1 saturated heterocycles. The number of nitrogens with zero attached hydrogens (tertiary/aromatic N) is 4. The lowest BCUT2D eigenvalue weighted by Crippen LogP contribution is -2.39. The summed E-state index contributed by atoms with van der Waals surface area (Å²) in [6.07, 6.45) is 1.67. The van der Waals surface area contributed by atoms with E-state index in [0.717, 1.165) is 35.4 Å². The van der Waals surface area contributed by atoms with Gasteiger partial charge in [0.2, 0.25) is 5.91 Å². The second kappa shape index (κ2) is 7.86. The number of alkyl halides is 3. The third-order valence-electron chi connectivity index (χ3n) is 4.13. The van der Waals surface area contributed by atoms with Crippen LogP contribution < -0.4 is 0 Å². The molecule has 1 aliphatic rings. The van der Waals surface area contributed by atoms with Crippen molar-refractivity contribution >= 4 is 5.91 Å². The van der Waals surface area contributed by atoms with Gasteiger partial charge in [0, 0.05) is 38.3 Å². The van der Waals surface area contributed by atoms with Gasteiger partial charge in [0.15, 0.2) is 5.69 Å². The van der Waals surface area contributed by atoms with Crippen molar-refractivity contribution in [3.05, 3.63) is 48.0 Å². The highest BCUT2D eigenvalue weighted by atomic mass is 19.4. The maximum absolute atomic E-state index is 12.7. The van der Waals surface area contributed by atoms with Gasteiger partial charge in [-0.05, 0) is 30.5 Å². The molecule has 0 aromatic carbocycles. The molecule has 2 aromatic rings. The molecule has 3 heterocycles. The topological polar surface area (TPSA) is 60.2 Å². The molecule has 0 saturated carbocycles. The van der Waals surface area contributed by atoms with E-state index in [9.17, 15) is 18.0 Å². The van der Waals surface area contributed by atoms with Crippen LogP contribution in [-0.4, -0.2) is 44.8 Å². The van der Waals surface area contributed by atoms with E-state index in [2.05, 4.69) is 10.1 Å². The van der Waals surface area contributed by atoms with Crippen LogP contribution in [0.1, 0.15) is 24.1 Å². The molecule has 6 nitrogen and oxygen atoms in total. The predicted octanol–water partition coefficient (Wildman–Crippen LogP) is 2.50. The standard InChI is InChI=1S/C17H19F3N4O2/c18-17(19,20)15-5-7-24(22-15)12-16(25)23(11-14-4-2-8-26-14)10-13-3-1-6-21-9-13/h1,3,5-7,9,14H,2,4,8,10-12H2. The minimum atomic E-state index is -4.53. The zero-order valence-corrected chi connectivity index (χ0v) is 14.0. The lowest BCUT2D eigenvalue weighted by molar-refractivity contribution is -0.142. The van der Waals surface area contributed by atoms with Gasteiger partial charge < -0.3 is 9.64 Å². The minimum absolute atomic E-state index is 0.0565.